The van der Waals surface area contributed by atoms with Crippen molar-refractivity contribution in [3.05, 3.63) is 58.0 Å². The second kappa shape index (κ2) is 8.41. The molecule has 1 aromatic carbocycles. The number of carbonyl (C=O) groups is 1. The molecule has 1 heterocycles. The van der Waals surface area contributed by atoms with Gasteiger partial charge in [-0.25, -0.2) is 0 Å². The van der Waals surface area contributed by atoms with Gasteiger partial charge in [0.2, 0.25) is 0 Å². The van der Waals surface area contributed by atoms with E-state index in [0.717, 1.165) is 6.07 Å². The molecule has 0 saturated heterocycles. The van der Waals surface area contributed by atoms with Crippen LogP contribution in [0.1, 0.15) is 23.0 Å². The summed E-state index contributed by atoms with van der Waals surface area (Å²) < 4.78 is 48.2. The van der Waals surface area contributed by atoms with Gasteiger partial charge >= 0.3 is 6.18 Å². The summed E-state index contributed by atoms with van der Waals surface area (Å²) in [6.45, 7) is 2.62. The van der Waals surface area contributed by atoms with Crippen molar-refractivity contribution in [2.24, 2.45) is 0 Å². The molecule has 0 aliphatic rings. The van der Waals surface area contributed by atoms with Crippen LogP contribution in [0.15, 0.2) is 41.2 Å². The number of nitrogens with one attached hydrogen (secondary N) is 2. The molecule has 2 aromatic rings. The fourth-order valence-corrected chi connectivity index (χ4v) is 2.05. The molecule has 0 unspecified atom stereocenters. The lowest BCUT2D eigenvalue weighted by atomic mass is 10.2. The highest BCUT2D eigenvalue weighted by Crippen LogP contribution is 2.26. The Balaban J connectivity index is 1.84. The number of halogens is 3. The Kier molecular flexibility index (Phi) is 6.26. The predicted molar refractivity (Wildman–Crippen MR) is 87.5 cm³/mol. The molecule has 9 heteroatoms. The fraction of sp³-hybridized carbons (Fsp3) is 0.294. The van der Waals surface area contributed by atoms with Gasteiger partial charge in [-0.05, 0) is 43.3 Å². The van der Waals surface area contributed by atoms with Crippen LogP contribution < -0.4 is 20.3 Å². The lowest BCUT2D eigenvalue weighted by Gasteiger charge is -2.09. The minimum Gasteiger partial charge on any atom is -0.494 e. The van der Waals surface area contributed by atoms with Gasteiger partial charge in [0.05, 0.1) is 13.2 Å². The van der Waals surface area contributed by atoms with Crippen molar-refractivity contribution < 1.29 is 27.4 Å². The summed E-state index contributed by atoms with van der Waals surface area (Å²) in [6, 6.07) is 8.36. The van der Waals surface area contributed by atoms with Crippen molar-refractivity contribution in [3.8, 4) is 11.5 Å². The number of aromatic nitrogens is 1. The van der Waals surface area contributed by atoms with E-state index in [1.54, 1.807) is 29.2 Å². The summed E-state index contributed by atoms with van der Waals surface area (Å²) in [5.74, 6) is 0.486. The molecule has 1 amide bonds. The summed E-state index contributed by atoms with van der Waals surface area (Å²) in [4.78, 5) is 25.1. The van der Waals surface area contributed by atoms with Crippen molar-refractivity contribution in [2.45, 2.75) is 13.1 Å². The summed E-state index contributed by atoms with van der Waals surface area (Å²) in [5, 5.41) is 2.41. The highest BCUT2D eigenvalue weighted by Gasteiger charge is 2.32. The van der Waals surface area contributed by atoms with Gasteiger partial charge in [-0.1, -0.05) is 0 Å². The van der Waals surface area contributed by atoms with Crippen molar-refractivity contribution in [1.82, 2.24) is 10.3 Å². The summed E-state index contributed by atoms with van der Waals surface area (Å²) in [5.41, 5.74) is -2.72. The highest BCUT2D eigenvalue weighted by molar-refractivity contribution is 5.93. The Bertz CT molecular complexity index is 801. The molecule has 0 aliphatic heterocycles. The van der Waals surface area contributed by atoms with Gasteiger partial charge in [0.25, 0.3) is 11.5 Å². The van der Waals surface area contributed by atoms with E-state index >= 15 is 0 Å². The van der Waals surface area contributed by atoms with Crippen molar-refractivity contribution in [3.63, 3.8) is 0 Å². The minimum absolute atomic E-state index is 0.0759. The number of benzene rings is 1. The molecule has 2 rings (SSSR count). The first-order chi connectivity index (χ1) is 12.3. The second-order valence-electron chi connectivity index (χ2n) is 5.12. The van der Waals surface area contributed by atoms with E-state index in [-0.39, 0.29) is 13.2 Å². The maximum atomic E-state index is 12.5. The van der Waals surface area contributed by atoms with Gasteiger partial charge in [-0.15, -0.1) is 0 Å². The third-order valence-corrected chi connectivity index (χ3v) is 3.25. The van der Waals surface area contributed by atoms with E-state index in [4.69, 9.17) is 9.47 Å². The van der Waals surface area contributed by atoms with Crippen LogP contribution in [-0.4, -0.2) is 30.6 Å². The van der Waals surface area contributed by atoms with Crippen LogP contribution in [-0.2, 0) is 6.18 Å². The first kappa shape index (κ1) is 19.4. The first-order valence-electron chi connectivity index (χ1n) is 7.75. The van der Waals surface area contributed by atoms with Crippen LogP contribution >= 0.6 is 0 Å². The third kappa shape index (κ3) is 5.27. The summed E-state index contributed by atoms with van der Waals surface area (Å²) in [6.07, 6.45) is -4.68. The number of carbonyl (C=O) groups excluding carboxylic acids is 1. The molecule has 26 heavy (non-hydrogen) atoms. The number of pyridine rings is 1. The van der Waals surface area contributed by atoms with Crippen LogP contribution in [0.25, 0.3) is 0 Å². The standard InChI is InChI=1S/C17H17F3N2O4/c1-2-25-11-3-5-12(6-4-11)26-10-9-21-15(23)13-7-8-14(17(18,19)20)22-16(13)24/h3-8H,2,9-10H2,1H3,(H,21,23)(H,22,24). The highest BCUT2D eigenvalue weighted by atomic mass is 19.4. The molecule has 0 aliphatic carbocycles. The van der Waals surface area contributed by atoms with Crippen molar-refractivity contribution in [2.75, 3.05) is 19.8 Å². The Morgan fingerprint density at radius 2 is 1.69 bits per heavy atom. The molecule has 0 fully saturated rings. The van der Waals surface area contributed by atoms with Crippen LogP contribution in [0.3, 0.4) is 0 Å². The van der Waals surface area contributed by atoms with Crippen molar-refractivity contribution >= 4 is 5.91 Å². The quantitative estimate of drug-likeness (QED) is 0.735. The number of hydrogen-bond donors (Lipinski definition) is 2. The molecule has 6 nitrogen and oxygen atoms in total. The third-order valence-electron chi connectivity index (χ3n) is 3.25. The molecular formula is C17H17F3N2O4. The first-order valence-corrected chi connectivity index (χ1v) is 7.75. The van der Waals surface area contributed by atoms with E-state index in [1.807, 2.05) is 6.92 Å². The normalized spacial score (nSPS) is 11.1. The Hall–Kier alpha value is -2.97. The molecular weight excluding hydrogens is 353 g/mol. The Labute approximate surface area is 146 Å². The smallest absolute Gasteiger partial charge is 0.431 e. The van der Waals surface area contributed by atoms with Gasteiger partial charge < -0.3 is 19.8 Å². The molecule has 1 aromatic heterocycles. The van der Waals surface area contributed by atoms with Gasteiger partial charge in [0.15, 0.2) is 0 Å². The van der Waals surface area contributed by atoms with E-state index < -0.39 is 28.9 Å². The zero-order valence-electron chi connectivity index (χ0n) is 13.9. The van der Waals surface area contributed by atoms with Gasteiger partial charge in [0.1, 0.15) is 29.4 Å². The lowest BCUT2D eigenvalue weighted by molar-refractivity contribution is -0.141. The monoisotopic (exact) mass is 370 g/mol. The molecule has 0 radical (unpaired) electrons. The fourth-order valence-electron chi connectivity index (χ4n) is 2.05. The summed E-state index contributed by atoms with van der Waals surface area (Å²) in [7, 11) is 0. The number of alkyl halides is 3. The zero-order chi connectivity index (χ0) is 19.2. The number of ether oxygens (including phenoxy) is 2. The van der Waals surface area contributed by atoms with Crippen LogP contribution in [0.2, 0.25) is 0 Å². The van der Waals surface area contributed by atoms with Crippen LogP contribution in [0, 0.1) is 0 Å². The number of aromatic amines is 1. The molecule has 0 atom stereocenters. The molecule has 0 bridgehead atoms. The molecule has 140 valence electrons. The largest absolute Gasteiger partial charge is 0.494 e. The number of H-pyrrole nitrogens is 1. The maximum Gasteiger partial charge on any atom is 0.431 e. The summed E-state index contributed by atoms with van der Waals surface area (Å²) >= 11 is 0. The van der Waals surface area contributed by atoms with Gasteiger partial charge in [0, 0.05) is 0 Å². The molecule has 0 saturated carbocycles. The van der Waals surface area contributed by atoms with Crippen LogP contribution in [0.5, 0.6) is 11.5 Å². The topological polar surface area (TPSA) is 80.4 Å². The van der Waals surface area contributed by atoms with Crippen molar-refractivity contribution in [1.29, 1.82) is 0 Å². The molecule has 0 spiro atoms. The average Bonchev–Trinajstić information content (AvgIpc) is 2.59. The van der Waals surface area contributed by atoms with E-state index in [1.165, 1.54) is 0 Å². The lowest BCUT2D eigenvalue weighted by Crippen LogP contribution is -2.33. The number of amides is 1. The zero-order valence-corrected chi connectivity index (χ0v) is 13.9. The molecule has 2 N–H and O–H groups in total. The van der Waals surface area contributed by atoms with E-state index in [9.17, 15) is 22.8 Å². The van der Waals surface area contributed by atoms with E-state index in [0.29, 0.717) is 24.2 Å². The average molecular weight is 370 g/mol. The Morgan fingerprint density at radius 3 is 2.23 bits per heavy atom. The number of hydrogen-bond acceptors (Lipinski definition) is 4. The Morgan fingerprint density at radius 1 is 1.08 bits per heavy atom. The second-order valence-corrected chi connectivity index (χ2v) is 5.12. The minimum atomic E-state index is -4.68. The predicted octanol–water partition coefficient (Wildman–Crippen LogP) is 2.60. The SMILES string of the molecule is CCOc1ccc(OCCNC(=O)c2ccc(C(F)(F)F)[nH]c2=O)cc1. The maximum absolute atomic E-state index is 12.5. The van der Waals surface area contributed by atoms with Gasteiger partial charge in [-0.2, -0.15) is 13.2 Å². The van der Waals surface area contributed by atoms with E-state index in [2.05, 4.69) is 5.32 Å². The number of rotatable bonds is 7. The van der Waals surface area contributed by atoms with Crippen LogP contribution in [0.4, 0.5) is 13.2 Å². The van der Waals surface area contributed by atoms with Gasteiger partial charge in [-0.3, -0.25) is 9.59 Å².